The van der Waals surface area contributed by atoms with Crippen LogP contribution in [0.3, 0.4) is 0 Å². The van der Waals surface area contributed by atoms with E-state index in [-0.39, 0.29) is 24.0 Å². The van der Waals surface area contributed by atoms with Gasteiger partial charge in [-0.1, -0.05) is 6.92 Å². The Morgan fingerprint density at radius 3 is 2.45 bits per heavy atom. The summed E-state index contributed by atoms with van der Waals surface area (Å²) in [5.41, 5.74) is 1.12. The van der Waals surface area contributed by atoms with Crippen LogP contribution in [0.5, 0.6) is 11.5 Å². The number of anilines is 1. The molecule has 2 aliphatic heterocycles. The van der Waals surface area contributed by atoms with Crippen molar-refractivity contribution in [2.45, 2.75) is 19.4 Å². The number of rotatable bonds is 8. The fraction of sp³-hybridized carbons (Fsp3) is 0.682. The van der Waals surface area contributed by atoms with Crippen molar-refractivity contribution >= 4 is 35.6 Å². The summed E-state index contributed by atoms with van der Waals surface area (Å²) in [6.45, 7) is 9.93. The SMILES string of the molecule is CN=C(NCC(C)CN1CCOCC1)NC1CCN(c2cc(OC)cc(OC)c2)C1.I. The van der Waals surface area contributed by atoms with Crippen molar-refractivity contribution in [3.8, 4) is 11.5 Å². The average molecular weight is 547 g/mol. The van der Waals surface area contributed by atoms with E-state index in [2.05, 4.69) is 44.5 Å². The lowest BCUT2D eigenvalue weighted by atomic mass is 10.1. The first kappa shape index (κ1) is 25.8. The molecule has 0 amide bonds. The molecule has 8 nitrogen and oxygen atoms in total. The van der Waals surface area contributed by atoms with Crippen LogP contribution >= 0.6 is 24.0 Å². The molecule has 1 aromatic rings. The summed E-state index contributed by atoms with van der Waals surface area (Å²) in [6, 6.07) is 6.37. The average Bonchev–Trinajstić information content (AvgIpc) is 3.25. The fourth-order valence-electron chi connectivity index (χ4n) is 4.04. The molecule has 31 heavy (non-hydrogen) atoms. The van der Waals surface area contributed by atoms with Gasteiger partial charge in [0.25, 0.3) is 0 Å². The van der Waals surface area contributed by atoms with Crippen molar-refractivity contribution in [3.63, 3.8) is 0 Å². The lowest BCUT2D eigenvalue weighted by molar-refractivity contribution is 0.0320. The summed E-state index contributed by atoms with van der Waals surface area (Å²) >= 11 is 0. The standard InChI is InChI=1S/C22H37N5O3.HI/c1-17(15-26-7-9-30-10-8-26)14-24-22(23-2)25-18-5-6-27(16-18)19-11-20(28-3)13-21(12-19)29-4;/h11-13,17-18H,5-10,14-16H2,1-4H3,(H2,23,24,25);1H. The second-order valence-electron chi connectivity index (χ2n) is 8.12. The molecule has 0 aliphatic carbocycles. The van der Waals surface area contributed by atoms with Crippen LogP contribution in [-0.2, 0) is 4.74 Å². The number of halogens is 1. The Kier molecular flexibility index (Phi) is 11.0. The van der Waals surface area contributed by atoms with E-state index in [4.69, 9.17) is 14.2 Å². The van der Waals surface area contributed by atoms with Crippen LogP contribution in [0.15, 0.2) is 23.2 Å². The zero-order valence-electron chi connectivity index (χ0n) is 19.2. The summed E-state index contributed by atoms with van der Waals surface area (Å²) in [6.07, 6.45) is 1.06. The molecular weight excluding hydrogens is 509 g/mol. The van der Waals surface area contributed by atoms with Crippen LogP contribution in [0.2, 0.25) is 0 Å². The lowest BCUT2D eigenvalue weighted by Crippen LogP contribution is -2.47. The van der Waals surface area contributed by atoms with Crippen molar-refractivity contribution in [2.24, 2.45) is 10.9 Å². The molecule has 2 saturated heterocycles. The molecule has 0 spiro atoms. The van der Waals surface area contributed by atoms with Gasteiger partial charge in [-0.3, -0.25) is 9.89 Å². The molecule has 0 radical (unpaired) electrons. The van der Waals surface area contributed by atoms with E-state index in [1.807, 2.05) is 13.1 Å². The second kappa shape index (κ2) is 13.2. The first-order valence-corrected chi connectivity index (χ1v) is 10.9. The third-order valence-electron chi connectivity index (χ3n) is 5.75. The molecule has 0 saturated carbocycles. The highest BCUT2D eigenvalue weighted by Gasteiger charge is 2.24. The van der Waals surface area contributed by atoms with Crippen LogP contribution in [0.1, 0.15) is 13.3 Å². The molecular formula is C22H38IN5O3. The zero-order chi connectivity index (χ0) is 21.3. The minimum absolute atomic E-state index is 0. The molecule has 3 rings (SSSR count). The van der Waals surface area contributed by atoms with Gasteiger partial charge in [0.2, 0.25) is 0 Å². The van der Waals surface area contributed by atoms with Crippen LogP contribution in [0, 0.1) is 5.92 Å². The highest BCUT2D eigenvalue weighted by molar-refractivity contribution is 14.0. The largest absolute Gasteiger partial charge is 0.497 e. The minimum Gasteiger partial charge on any atom is -0.497 e. The number of ether oxygens (including phenoxy) is 3. The van der Waals surface area contributed by atoms with Gasteiger partial charge in [-0.05, 0) is 12.3 Å². The van der Waals surface area contributed by atoms with E-state index in [1.54, 1.807) is 14.2 Å². The topological polar surface area (TPSA) is 70.6 Å². The third kappa shape index (κ3) is 7.87. The number of benzene rings is 1. The number of morpholine rings is 1. The number of methoxy groups -OCH3 is 2. The van der Waals surface area contributed by atoms with E-state index in [0.717, 1.165) is 82.0 Å². The molecule has 1 aromatic carbocycles. The lowest BCUT2D eigenvalue weighted by Gasteiger charge is -2.29. The third-order valence-corrected chi connectivity index (χ3v) is 5.75. The predicted molar refractivity (Wildman–Crippen MR) is 136 cm³/mol. The van der Waals surface area contributed by atoms with Crippen molar-refractivity contribution < 1.29 is 14.2 Å². The number of hydrogen-bond acceptors (Lipinski definition) is 6. The molecule has 176 valence electrons. The number of aliphatic imine (C=N–C) groups is 1. The fourth-order valence-corrected chi connectivity index (χ4v) is 4.04. The van der Waals surface area contributed by atoms with Gasteiger partial charge in [0.15, 0.2) is 5.96 Å². The summed E-state index contributed by atoms with van der Waals surface area (Å²) in [5.74, 6) is 3.05. The maximum Gasteiger partial charge on any atom is 0.191 e. The Hall–Kier alpha value is -1.46. The minimum atomic E-state index is 0. The summed E-state index contributed by atoms with van der Waals surface area (Å²) < 4.78 is 16.3. The van der Waals surface area contributed by atoms with E-state index < -0.39 is 0 Å². The normalized spacial score (nSPS) is 20.7. The summed E-state index contributed by atoms with van der Waals surface area (Å²) in [4.78, 5) is 9.26. The van der Waals surface area contributed by atoms with Crippen LogP contribution < -0.4 is 25.0 Å². The monoisotopic (exact) mass is 547 g/mol. The highest BCUT2D eigenvalue weighted by Crippen LogP contribution is 2.30. The maximum absolute atomic E-state index is 5.43. The molecule has 2 heterocycles. The van der Waals surface area contributed by atoms with Gasteiger partial charge >= 0.3 is 0 Å². The smallest absolute Gasteiger partial charge is 0.191 e. The van der Waals surface area contributed by atoms with Crippen LogP contribution in [-0.4, -0.2) is 90.7 Å². The van der Waals surface area contributed by atoms with Gasteiger partial charge in [0.1, 0.15) is 11.5 Å². The number of nitrogens with zero attached hydrogens (tertiary/aromatic N) is 3. The number of hydrogen-bond donors (Lipinski definition) is 2. The Morgan fingerprint density at radius 2 is 1.84 bits per heavy atom. The molecule has 2 N–H and O–H groups in total. The molecule has 2 unspecified atom stereocenters. The zero-order valence-corrected chi connectivity index (χ0v) is 21.6. The van der Waals surface area contributed by atoms with Crippen LogP contribution in [0.4, 0.5) is 5.69 Å². The molecule has 2 fully saturated rings. The van der Waals surface area contributed by atoms with Crippen molar-refractivity contribution in [2.75, 3.05) is 78.6 Å². The maximum atomic E-state index is 5.43. The molecule has 2 atom stereocenters. The van der Waals surface area contributed by atoms with Gasteiger partial charge in [-0.25, -0.2) is 0 Å². The first-order valence-electron chi connectivity index (χ1n) is 10.9. The van der Waals surface area contributed by atoms with E-state index in [9.17, 15) is 0 Å². The van der Waals surface area contributed by atoms with E-state index in [0.29, 0.717) is 12.0 Å². The van der Waals surface area contributed by atoms with Crippen molar-refractivity contribution in [3.05, 3.63) is 18.2 Å². The van der Waals surface area contributed by atoms with Gasteiger partial charge < -0.3 is 29.7 Å². The Labute approximate surface area is 203 Å². The molecule has 0 bridgehead atoms. The summed E-state index contributed by atoms with van der Waals surface area (Å²) in [7, 11) is 5.20. The van der Waals surface area contributed by atoms with E-state index in [1.165, 1.54) is 0 Å². The van der Waals surface area contributed by atoms with Crippen molar-refractivity contribution in [1.29, 1.82) is 0 Å². The quantitative estimate of drug-likeness (QED) is 0.293. The van der Waals surface area contributed by atoms with Crippen molar-refractivity contribution in [1.82, 2.24) is 15.5 Å². The van der Waals surface area contributed by atoms with E-state index >= 15 is 0 Å². The number of guanidine groups is 1. The van der Waals surface area contributed by atoms with Crippen LogP contribution in [0.25, 0.3) is 0 Å². The Bertz CT molecular complexity index is 677. The Balaban J connectivity index is 0.00000341. The van der Waals surface area contributed by atoms with Gasteiger partial charge in [-0.2, -0.15) is 0 Å². The van der Waals surface area contributed by atoms with Gasteiger partial charge in [0, 0.05) is 76.2 Å². The second-order valence-corrected chi connectivity index (χ2v) is 8.12. The Morgan fingerprint density at radius 1 is 1.16 bits per heavy atom. The van der Waals surface area contributed by atoms with Gasteiger partial charge in [0.05, 0.1) is 27.4 Å². The molecule has 2 aliphatic rings. The first-order chi connectivity index (χ1) is 14.6. The molecule has 9 heteroatoms. The number of nitrogens with one attached hydrogen (secondary N) is 2. The highest BCUT2D eigenvalue weighted by atomic mass is 127. The van der Waals surface area contributed by atoms with Gasteiger partial charge in [-0.15, -0.1) is 24.0 Å². The molecule has 0 aromatic heterocycles. The summed E-state index contributed by atoms with van der Waals surface area (Å²) in [5, 5.41) is 7.08. The predicted octanol–water partition coefficient (Wildman–Crippen LogP) is 2.03.